The van der Waals surface area contributed by atoms with Crippen LogP contribution in [0, 0.1) is 11.2 Å². The quantitative estimate of drug-likeness (QED) is 0.871. The molecule has 0 radical (unpaired) electrons. The normalized spacial score (nSPS) is 21.9. The second-order valence-electron chi connectivity index (χ2n) is 5.28. The average Bonchev–Trinajstić information content (AvgIpc) is 2.84. The number of rotatable bonds is 4. The Labute approximate surface area is 106 Å². The lowest BCUT2D eigenvalue weighted by atomic mass is 10.2. The van der Waals surface area contributed by atoms with E-state index in [4.69, 9.17) is 5.11 Å². The molecule has 1 aromatic carbocycles. The van der Waals surface area contributed by atoms with E-state index in [9.17, 15) is 12.8 Å². The summed E-state index contributed by atoms with van der Waals surface area (Å²) in [6.07, 6.45) is 0.760. The van der Waals surface area contributed by atoms with Crippen LogP contribution in [0.4, 0.5) is 4.39 Å². The zero-order chi connectivity index (χ0) is 13.6. The van der Waals surface area contributed by atoms with Crippen LogP contribution in [0.3, 0.4) is 0 Å². The lowest BCUT2D eigenvalue weighted by Crippen LogP contribution is -2.29. The first kappa shape index (κ1) is 13.5. The maximum absolute atomic E-state index is 13.1. The highest BCUT2D eigenvalue weighted by atomic mass is 32.2. The third-order valence-electron chi connectivity index (χ3n) is 3.30. The fraction of sp³-hybridized carbons (Fsp3) is 0.500. The molecule has 1 atom stereocenters. The van der Waals surface area contributed by atoms with E-state index in [0.717, 1.165) is 18.6 Å². The van der Waals surface area contributed by atoms with Gasteiger partial charge in [0.2, 0.25) is 10.0 Å². The third-order valence-corrected chi connectivity index (χ3v) is 4.85. The van der Waals surface area contributed by atoms with Gasteiger partial charge in [-0.05, 0) is 29.5 Å². The zero-order valence-corrected chi connectivity index (χ0v) is 11.1. The monoisotopic (exact) mass is 273 g/mol. The summed E-state index contributed by atoms with van der Waals surface area (Å²) in [6, 6.07) is 3.22. The molecular formula is C12H16FNO3S. The highest BCUT2D eigenvalue weighted by molar-refractivity contribution is 7.89. The van der Waals surface area contributed by atoms with Gasteiger partial charge in [-0.3, -0.25) is 0 Å². The van der Waals surface area contributed by atoms with Crippen LogP contribution in [-0.2, 0) is 16.6 Å². The zero-order valence-electron chi connectivity index (χ0n) is 10.3. The molecule has 0 spiro atoms. The van der Waals surface area contributed by atoms with Crippen LogP contribution in [0.5, 0.6) is 0 Å². The molecule has 1 aliphatic carbocycles. The molecular weight excluding hydrogens is 257 g/mol. The number of aliphatic hydroxyl groups excluding tert-OH is 1. The van der Waals surface area contributed by atoms with Crippen LogP contribution in [-0.4, -0.2) is 19.6 Å². The van der Waals surface area contributed by atoms with Crippen LogP contribution in [0.15, 0.2) is 23.1 Å². The van der Waals surface area contributed by atoms with Crippen molar-refractivity contribution in [2.24, 2.45) is 5.41 Å². The Morgan fingerprint density at radius 3 is 2.61 bits per heavy atom. The fourth-order valence-electron chi connectivity index (χ4n) is 1.83. The van der Waals surface area contributed by atoms with Crippen molar-refractivity contribution in [2.75, 3.05) is 0 Å². The van der Waals surface area contributed by atoms with E-state index in [-0.39, 0.29) is 21.9 Å². The number of sulfonamides is 1. The molecule has 1 aromatic rings. The molecule has 0 saturated heterocycles. The molecule has 1 unspecified atom stereocenters. The molecule has 18 heavy (non-hydrogen) atoms. The number of nitrogens with one attached hydrogen (secondary N) is 1. The summed E-state index contributed by atoms with van der Waals surface area (Å²) in [7, 11) is -3.78. The maximum atomic E-state index is 13.1. The molecule has 0 bridgehead atoms. The second kappa shape index (κ2) is 4.29. The van der Waals surface area contributed by atoms with Gasteiger partial charge in [0.05, 0.1) is 11.5 Å². The summed E-state index contributed by atoms with van der Waals surface area (Å²) >= 11 is 0. The Bertz CT molecular complexity index is 569. The summed E-state index contributed by atoms with van der Waals surface area (Å²) < 4.78 is 39.9. The van der Waals surface area contributed by atoms with Gasteiger partial charge in [-0.15, -0.1) is 0 Å². The van der Waals surface area contributed by atoms with Crippen molar-refractivity contribution in [3.63, 3.8) is 0 Å². The van der Waals surface area contributed by atoms with Gasteiger partial charge in [0.15, 0.2) is 0 Å². The fourth-order valence-corrected chi connectivity index (χ4v) is 3.48. The SMILES string of the molecule is CC1(C)CC1NS(=O)(=O)c1cc(F)ccc1CO. The van der Waals surface area contributed by atoms with Crippen molar-refractivity contribution in [1.29, 1.82) is 0 Å². The van der Waals surface area contributed by atoms with Crippen LogP contribution in [0.1, 0.15) is 25.8 Å². The lowest BCUT2D eigenvalue weighted by molar-refractivity contribution is 0.278. The molecule has 0 amide bonds. The van der Waals surface area contributed by atoms with Gasteiger partial charge >= 0.3 is 0 Å². The van der Waals surface area contributed by atoms with Crippen molar-refractivity contribution < 1.29 is 17.9 Å². The Kier molecular flexibility index (Phi) is 3.21. The highest BCUT2D eigenvalue weighted by Gasteiger charge is 2.48. The van der Waals surface area contributed by atoms with Crippen LogP contribution < -0.4 is 4.72 Å². The lowest BCUT2D eigenvalue weighted by Gasteiger charge is -2.11. The third kappa shape index (κ3) is 2.55. The minimum absolute atomic E-state index is 0.0558. The molecule has 1 fully saturated rings. The molecule has 0 heterocycles. The first-order valence-corrected chi connectivity index (χ1v) is 7.16. The van der Waals surface area contributed by atoms with Crippen molar-refractivity contribution in [3.8, 4) is 0 Å². The minimum atomic E-state index is -3.78. The van der Waals surface area contributed by atoms with Crippen LogP contribution >= 0.6 is 0 Å². The van der Waals surface area contributed by atoms with E-state index in [1.165, 1.54) is 6.07 Å². The van der Waals surface area contributed by atoms with Crippen LogP contribution in [0.2, 0.25) is 0 Å². The van der Waals surface area contributed by atoms with Crippen molar-refractivity contribution >= 4 is 10.0 Å². The number of hydrogen-bond acceptors (Lipinski definition) is 3. The molecule has 100 valence electrons. The number of aliphatic hydroxyl groups is 1. The molecule has 2 rings (SSSR count). The Morgan fingerprint density at radius 2 is 2.11 bits per heavy atom. The Morgan fingerprint density at radius 1 is 1.50 bits per heavy atom. The molecule has 1 aliphatic rings. The van der Waals surface area contributed by atoms with Crippen molar-refractivity contribution in [1.82, 2.24) is 4.72 Å². The number of hydrogen-bond donors (Lipinski definition) is 2. The van der Waals surface area contributed by atoms with Gasteiger partial charge in [-0.1, -0.05) is 19.9 Å². The number of benzene rings is 1. The van der Waals surface area contributed by atoms with Crippen molar-refractivity contribution in [3.05, 3.63) is 29.6 Å². The van der Waals surface area contributed by atoms with Crippen LogP contribution in [0.25, 0.3) is 0 Å². The van der Waals surface area contributed by atoms with Crippen molar-refractivity contribution in [2.45, 2.75) is 37.8 Å². The van der Waals surface area contributed by atoms with E-state index < -0.39 is 22.4 Å². The molecule has 4 nitrogen and oxygen atoms in total. The van der Waals surface area contributed by atoms with Gasteiger partial charge in [0.25, 0.3) is 0 Å². The molecule has 2 N–H and O–H groups in total. The summed E-state index contributed by atoms with van der Waals surface area (Å²) in [6.45, 7) is 3.47. The molecule has 0 aromatic heterocycles. The summed E-state index contributed by atoms with van der Waals surface area (Å²) in [5.74, 6) is -0.636. The topological polar surface area (TPSA) is 66.4 Å². The first-order chi connectivity index (χ1) is 8.26. The van der Waals surface area contributed by atoms with Gasteiger partial charge < -0.3 is 5.11 Å². The predicted molar refractivity (Wildman–Crippen MR) is 64.8 cm³/mol. The molecule has 0 aliphatic heterocycles. The second-order valence-corrected chi connectivity index (χ2v) is 6.96. The molecule has 1 saturated carbocycles. The van der Waals surface area contributed by atoms with E-state index in [0.29, 0.717) is 0 Å². The van der Waals surface area contributed by atoms with E-state index in [1.807, 2.05) is 13.8 Å². The standard InChI is InChI=1S/C12H16FNO3S/c1-12(2)6-11(12)14-18(16,17)10-5-9(13)4-3-8(10)7-15/h3-5,11,14-15H,6-7H2,1-2H3. The van der Waals surface area contributed by atoms with Gasteiger partial charge in [0, 0.05) is 6.04 Å². The Balaban J connectivity index is 2.32. The molecule has 6 heteroatoms. The Hall–Kier alpha value is -0.980. The van der Waals surface area contributed by atoms with Gasteiger partial charge in [0.1, 0.15) is 5.82 Å². The summed E-state index contributed by atoms with van der Waals surface area (Å²) in [5, 5.41) is 9.11. The van der Waals surface area contributed by atoms with E-state index in [2.05, 4.69) is 4.72 Å². The maximum Gasteiger partial charge on any atom is 0.241 e. The summed E-state index contributed by atoms with van der Waals surface area (Å²) in [5.41, 5.74) is 0.141. The smallest absolute Gasteiger partial charge is 0.241 e. The summed E-state index contributed by atoms with van der Waals surface area (Å²) in [4.78, 5) is -0.187. The largest absolute Gasteiger partial charge is 0.392 e. The van der Waals surface area contributed by atoms with E-state index >= 15 is 0 Å². The average molecular weight is 273 g/mol. The highest BCUT2D eigenvalue weighted by Crippen LogP contribution is 2.45. The van der Waals surface area contributed by atoms with E-state index in [1.54, 1.807) is 0 Å². The minimum Gasteiger partial charge on any atom is -0.392 e. The number of halogens is 1. The van der Waals surface area contributed by atoms with Gasteiger partial charge in [-0.2, -0.15) is 0 Å². The van der Waals surface area contributed by atoms with Gasteiger partial charge in [-0.25, -0.2) is 17.5 Å². The predicted octanol–water partition coefficient (Wildman–Crippen LogP) is 1.39. The first-order valence-electron chi connectivity index (χ1n) is 5.68.